The van der Waals surface area contributed by atoms with E-state index < -0.39 is 0 Å². The minimum Gasteiger partial charge on any atom is -0.256 e. The summed E-state index contributed by atoms with van der Waals surface area (Å²) in [5, 5.41) is 8.72. The summed E-state index contributed by atoms with van der Waals surface area (Å²) in [6, 6.07) is 6.59. The third-order valence-corrected chi connectivity index (χ3v) is 3.85. The highest BCUT2D eigenvalue weighted by atomic mass is 35.5. The van der Waals surface area contributed by atoms with Crippen LogP contribution in [0, 0.1) is 5.82 Å². The van der Waals surface area contributed by atoms with Crippen LogP contribution in [0.2, 0.25) is 0 Å². The lowest BCUT2D eigenvalue weighted by Crippen LogP contribution is -2.02. The van der Waals surface area contributed by atoms with E-state index in [2.05, 4.69) is 15.3 Å². The average molecular weight is 305 g/mol. The first-order chi connectivity index (χ1) is 10.2. The normalized spacial score (nSPS) is 12.7. The van der Waals surface area contributed by atoms with E-state index in [1.165, 1.54) is 12.1 Å². The molecule has 4 nitrogen and oxygen atoms in total. The second kappa shape index (κ2) is 5.77. The predicted octanol–water partition coefficient (Wildman–Crippen LogP) is 3.70. The molecule has 0 aliphatic heterocycles. The molecule has 1 unspecified atom stereocenters. The Hall–Kier alpha value is -2.01. The Morgan fingerprint density at radius 2 is 2.24 bits per heavy atom. The number of rotatable bonds is 4. The largest absolute Gasteiger partial charge is 0.256 e. The Labute approximate surface area is 126 Å². The molecule has 0 aliphatic carbocycles. The van der Waals surface area contributed by atoms with Gasteiger partial charge in [-0.25, -0.2) is 9.07 Å². The van der Waals surface area contributed by atoms with Crippen molar-refractivity contribution in [2.45, 2.75) is 25.3 Å². The van der Waals surface area contributed by atoms with Crippen LogP contribution >= 0.6 is 11.6 Å². The summed E-state index contributed by atoms with van der Waals surface area (Å²) in [5.41, 5.74) is 2.27. The molecule has 0 aliphatic rings. The molecule has 6 heteroatoms. The number of fused-ring (bicyclic) bond motifs is 1. The molecule has 3 aromatic rings. The molecule has 2 aromatic heterocycles. The Morgan fingerprint density at radius 3 is 3.05 bits per heavy atom. The molecule has 0 saturated heterocycles. The SMILES string of the molecule is CCC(Cl)c1cn(Cc2cc(F)cc3cccnc23)nn1. The van der Waals surface area contributed by atoms with Crippen LogP contribution in [-0.4, -0.2) is 20.0 Å². The van der Waals surface area contributed by atoms with E-state index in [9.17, 15) is 4.39 Å². The lowest BCUT2D eigenvalue weighted by atomic mass is 10.1. The van der Waals surface area contributed by atoms with E-state index in [4.69, 9.17) is 11.6 Å². The topological polar surface area (TPSA) is 43.6 Å². The van der Waals surface area contributed by atoms with Gasteiger partial charge in [0.2, 0.25) is 0 Å². The fourth-order valence-electron chi connectivity index (χ4n) is 2.27. The van der Waals surface area contributed by atoms with Crippen molar-refractivity contribution in [1.82, 2.24) is 20.0 Å². The summed E-state index contributed by atoms with van der Waals surface area (Å²) in [6.45, 7) is 2.40. The summed E-state index contributed by atoms with van der Waals surface area (Å²) >= 11 is 6.14. The fraction of sp³-hybridized carbons (Fsp3) is 0.267. The highest BCUT2D eigenvalue weighted by Gasteiger charge is 2.12. The lowest BCUT2D eigenvalue weighted by Gasteiger charge is -2.06. The van der Waals surface area contributed by atoms with Crippen molar-refractivity contribution in [3.63, 3.8) is 0 Å². The Balaban J connectivity index is 1.96. The summed E-state index contributed by atoms with van der Waals surface area (Å²) < 4.78 is 15.3. The first-order valence-electron chi connectivity index (χ1n) is 6.74. The summed E-state index contributed by atoms with van der Waals surface area (Å²) in [5.74, 6) is -0.283. The summed E-state index contributed by atoms with van der Waals surface area (Å²) in [7, 11) is 0. The van der Waals surface area contributed by atoms with Crippen LogP contribution in [0.25, 0.3) is 10.9 Å². The van der Waals surface area contributed by atoms with E-state index in [0.717, 1.165) is 28.6 Å². The molecule has 0 saturated carbocycles. The van der Waals surface area contributed by atoms with Gasteiger partial charge >= 0.3 is 0 Å². The maximum absolute atomic E-state index is 13.7. The molecule has 108 valence electrons. The van der Waals surface area contributed by atoms with E-state index in [0.29, 0.717) is 6.54 Å². The standard InChI is InChI=1S/C15H14ClFN4/c1-2-13(16)14-9-21(20-19-14)8-11-7-12(17)6-10-4-3-5-18-15(10)11/h3-7,9,13H,2,8H2,1H3. The Morgan fingerprint density at radius 1 is 1.38 bits per heavy atom. The number of hydrogen-bond acceptors (Lipinski definition) is 3. The zero-order valence-corrected chi connectivity index (χ0v) is 12.3. The van der Waals surface area contributed by atoms with Crippen molar-refractivity contribution in [3.05, 3.63) is 53.7 Å². The average Bonchev–Trinajstić information content (AvgIpc) is 2.95. The van der Waals surface area contributed by atoms with Gasteiger partial charge in [-0.1, -0.05) is 18.2 Å². The second-order valence-electron chi connectivity index (χ2n) is 4.86. The molecule has 0 N–H and O–H groups in total. The molecular weight excluding hydrogens is 291 g/mol. The number of nitrogens with zero attached hydrogens (tertiary/aromatic N) is 4. The van der Waals surface area contributed by atoms with Crippen LogP contribution in [0.5, 0.6) is 0 Å². The molecule has 0 amide bonds. The second-order valence-corrected chi connectivity index (χ2v) is 5.38. The van der Waals surface area contributed by atoms with Gasteiger partial charge in [-0.05, 0) is 24.6 Å². The van der Waals surface area contributed by atoms with Crippen LogP contribution < -0.4 is 0 Å². The first-order valence-corrected chi connectivity index (χ1v) is 7.18. The minimum atomic E-state index is -0.283. The van der Waals surface area contributed by atoms with Crippen LogP contribution in [0.1, 0.15) is 30.0 Å². The first kappa shape index (κ1) is 13.9. The van der Waals surface area contributed by atoms with Gasteiger partial charge in [0.1, 0.15) is 11.5 Å². The van der Waals surface area contributed by atoms with Crippen molar-refractivity contribution >= 4 is 22.5 Å². The van der Waals surface area contributed by atoms with Crippen molar-refractivity contribution < 1.29 is 4.39 Å². The van der Waals surface area contributed by atoms with Crippen molar-refractivity contribution in [3.8, 4) is 0 Å². The third kappa shape index (κ3) is 2.88. The van der Waals surface area contributed by atoms with Crippen LogP contribution in [0.15, 0.2) is 36.7 Å². The maximum atomic E-state index is 13.7. The molecule has 0 radical (unpaired) electrons. The van der Waals surface area contributed by atoms with E-state index in [1.54, 1.807) is 23.1 Å². The van der Waals surface area contributed by atoms with Gasteiger partial charge in [0.25, 0.3) is 0 Å². The zero-order chi connectivity index (χ0) is 14.8. The number of aromatic nitrogens is 4. The monoisotopic (exact) mass is 304 g/mol. The minimum absolute atomic E-state index is 0.152. The highest BCUT2D eigenvalue weighted by Crippen LogP contribution is 2.22. The van der Waals surface area contributed by atoms with Gasteiger partial charge in [-0.15, -0.1) is 16.7 Å². The van der Waals surface area contributed by atoms with Crippen LogP contribution in [-0.2, 0) is 6.54 Å². The molecule has 1 atom stereocenters. The van der Waals surface area contributed by atoms with Crippen LogP contribution in [0.3, 0.4) is 0 Å². The Bertz CT molecular complexity index is 771. The van der Waals surface area contributed by atoms with E-state index in [-0.39, 0.29) is 11.2 Å². The predicted molar refractivity (Wildman–Crippen MR) is 79.7 cm³/mol. The smallest absolute Gasteiger partial charge is 0.124 e. The van der Waals surface area contributed by atoms with Gasteiger partial charge in [0.05, 0.1) is 23.6 Å². The molecule has 0 fully saturated rings. The van der Waals surface area contributed by atoms with Gasteiger partial charge < -0.3 is 0 Å². The number of benzene rings is 1. The number of alkyl halides is 1. The molecule has 2 heterocycles. The molecule has 0 spiro atoms. The Kier molecular flexibility index (Phi) is 3.84. The molecule has 21 heavy (non-hydrogen) atoms. The maximum Gasteiger partial charge on any atom is 0.124 e. The van der Waals surface area contributed by atoms with E-state index >= 15 is 0 Å². The summed E-state index contributed by atoms with van der Waals surface area (Å²) in [4.78, 5) is 4.32. The summed E-state index contributed by atoms with van der Waals surface area (Å²) in [6.07, 6.45) is 4.27. The van der Waals surface area contributed by atoms with Gasteiger partial charge in [0.15, 0.2) is 0 Å². The molecule has 3 rings (SSSR count). The van der Waals surface area contributed by atoms with Crippen LogP contribution in [0.4, 0.5) is 4.39 Å². The van der Waals surface area contributed by atoms with Crippen molar-refractivity contribution in [2.75, 3.05) is 0 Å². The number of halogens is 2. The van der Waals surface area contributed by atoms with Gasteiger partial charge in [-0.2, -0.15) is 0 Å². The quantitative estimate of drug-likeness (QED) is 0.690. The fourth-order valence-corrected chi connectivity index (χ4v) is 2.37. The number of hydrogen-bond donors (Lipinski definition) is 0. The third-order valence-electron chi connectivity index (χ3n) is 3.32. The van der Waals surface area contributed by atoms with Gasteiger partial charge in [-0.3, -0.25) is 4.98 Å². The van der Waals surface area contributed by atoms with Gasteiger partial charge in [0, 0.05) is 17.1 Å². The van der Waals surface area contributed by atoms with Crippen molar-refractivity contribution in [1.29, 1.82) is 0 Å². The molecule has 1 aromatic carbocycles. The zero-order valence-electron chi connectivity index (χ0n) is 11.5. The molecule has 0 bridgehead atoms. The highest BCUT2D eigenvalue weighted by molar-refractivity contribution is 6.20. The van der Waals surface area contributed by atoms with Crippen molar-refractivity contribution in [2.24, 2.45) is 0 Å². The van der Waals surface area contributed by atoms with E-state index in [1.807, 2.05) is 13.0 Å². The molecular formula is C15H14ClFN4. The lowest BCUT2D eigenvalue weighted by molar-refractivity contribution is 0.617. The number of pyridine rings is 1.